The van der Waals surface area contributed by atoms with Crippen molar-refractivity contribution in [3.8, 4) is 11.1 Å². The van der Waals surface area contributed by atoms with E-state index in [0.717, 1.165) is 22.3 Å². The number of aliphatic carboxylic acids is 1. The Bertz CT molecular complexity index is 1010. The second-order valence-electron chi connectivity index (χ2n) is 9.61. The van der Waals surface area contributed by atoms with Gasteiger partial charge < -0.3 is 20.5 Å². The SMILES string of the molecule is CCCC(C)(NC(=O)OCC1c2ccccc2-c2ccccc21)C(=O)NCCC(C)CCC(=O)O. The number of carboxylic acids is 1. The lowest BCUT2D eigenvalue weighted by Crippen LogP contribution is -2.57. The molecule has 2 aromatic carbocycles. The number of alkyl carbamates (subject to hydrolysis) is 1. The van der Waals surface area contributed by atoms with Gasteiger partial charge in [-0.25, -0.2) is 4.79 Å². The van der Waals surface area contributed by atoms with Gasteiger partial charge in [0.1, 0.15) is 12.1 Å². The van der Waals surface area contributed by atoms with E-state index in [0.29, 0.717) is 32.2 Å². The maximum Gasteiger partial charge on any atom is 0.408 e. The van der Waals surface area contributed by atoms with Crippen molar-refractivity contribution >= 4 is 18.0 Å². The maximum absolute atomic E-state index is 13.0. The quantitative estimate of drug-likeness (QED) is 0.392. The molecular weight excluding hydrogens is 444 g/mol. The van der Waals surface area contributed by atoms with E-state index in [1.165, 1.54) is 0 Å². The zero-order valence-electron chi connectivity index (χ0n) is 20.8. The molecule has 3 N–H and O–H groups in total. The highest BCUT2D eigenvalue weighted by atomic mass is 16.5. The van der Waals surface area contributed by atoms with Gasteiger partial charge in [0.25, 0.3) is 0 Å². The van der Waals surface area contributed by atoms with E-state index in [9.17, 15) is 14.4 Å². The maximum atomic E-state index is 13.0. The smallest absolute Gasteiger partial charge is 0.408 e. The van der Waals surface area contributed by atoms with Gasteiger partial charge in [-0.15, -0.1) is 0 Å². The first-order valence-corrected chi connectivity index (χ1v) is 12.4. The molecule has 7 heteroatoms. The molecule has 0 heterocycles. The van der Waals surface area contributed by atoms with Crippen molar-refractivity contribution in [2.45, 2.75) is 64.3 Å². The number of carboxylic acid groups (broad SMARTS) is 1. The summed E-state index contributed by atoms with van der Waals surface area (Å²) in [6.45, 7) is 6.24. The molecule has 1 aliphatic rings. The molecule has 0 saturated carbocycles. The van der Waals surface area contributed by atoms with Gasteiger partial charge in [0.2, 0.25) is 5.91 Å². The van der Waals surface area contributed by atoms with Gasteiger partial charge in [0.05, 0.1) is 0 Å². The molecule has 0 bridgehead atoms. The van der Waals surface area contributed by atoms with E-state index >= 15 is 0 Å². The van der Waals surface area contributed by atoms with Gasteiger partial charge in [-0.3, -0.25) is 9.59 Å². The summed E-state index contributed by atoms with van der Waals surface area (Å²) in [6, 6.07) is 16.3. The van der Waals surface area contributed by atoms with Crippen molar-refractivity contribution in [1.82, 2.24) is 10.6 Å². The summed E-state index contributed by atoms with van der Waals surface area (Å²) in [5.41, 5.74) is 3.48. The second-order valence-corrected chi connectivity index (χ2v) is 9.61. The molecular formula is C28H36N2O5. The molecule has 2 amide bonds. The van der Waals surface area contributed by atoms with Crippen molar-refractivity contribution in [2.24, 2.45) is 5.92 Å². The molecule has 0 aromatic heterocycles. The van der Waals surface area contributed by atoms with E-state index in [-0.39, 0.29) is 30.8 Å². The fourth-order valence-electron chi connectivity index (χ4n) is 4.73. The molecule has 0 aliphatic heterocycles. The molecule has 2 unspecified atom stereocenters. The highest BCUT2D eigenvalue weighted by Crippen LogP contribution is 2.44. The monoisotopic (exact) mass is 480 g/mol. The standard InChI is InChI=1S/C28H36N2O5/c1-4-16-28(3,26(33)29-17-15-19(2)13-14-25(31)32)30-27(34)35-18-24-22-11-7-5-9-20(22)21-10-6-8-12-23(21)24/h5-12,19,24H,4,13-18H2,1-3H3,(H,29,33)(H,30,34)(H,31,32). The number of hydrogen-bond donors (Lipinski definition) is 3. The molecule has 0 spiro atoms. The third-order valence-electron chi connectivity index (χ3n) is 6.75. The number of fused-ring (bicyclic) bond motifs is 3. The predicted octanol–water partition coefficient (Wildman–Crippen LogP) is 5.09. The summed E-state index contributed by atoms with van der Waals surface area (Å²) in [4.78, 5) is 36.5. The van der Waals surface area contributed by atoms with E-state index in [4.69, 9.17) is 9.84 Å². The van der Waals surface area contributed by atoms with Crippen molar-refractivity contribution in [1.29, 1.82) is 0 Å². The largest absolute Gasteiger partial charge is 0.481 e. The summed E-state index contributed by atoms with van der Waals surface area (Å²) in [5, 5.41) is 14.5. The van der Waals surface area contributed by atoms with Gasteiger partial charge in [-0.1, -0.05) is 68.8 Å². The van der Waals surface area contributed by atoms with Gasteiger partial charge in [-0.2, -0.15) is 0 Å². The van der Waals surface area contributed by atoms with Crippen LogP contribution in [-0.4, -0.2) is 41.8 Å². The van der Waals surface area contributed by atoms with E-state index < -0.39 is 17.6 Å². The Balaban J connectivity index is 1.57. The molecule has 0 saturated heterocycles. The zero-order chi connectivity index (χ0) is 25.4. The molecule has 35 heavy (non-hydrogen) atoms. The minimum atomic E-state index is -1.10. The third-order valence-corrected chi connectivity index (χ3v) is 6.75. The molecule has 7 nitrogen and oxygen atoms in total. The van der Waals surface area contributed by atoms with E-state index in [2.05, 4.69) is 34.9 Å². The van der Waals surface area contributed by atoms with Crippen molar-refractivity contribution in [2.75, 3.05) is 13.2 Å². The molecule has 1 aliphatic carbocycles. The lowest BCUT2D eigenvalue weighted by molar-refractivity contribution is -0.137. The minimum Gasteiger partial charge on any atom is -0.481 e. The van der Waals surface area contributed by atoms with E-state index in [1.807, 2.05) is 38.1 Å². The lowest BCUT2D eigenvalue weighted by atomic mass is 9.94. The Morgan fingerprint density at radius 2 is 1.63 bits per heavy atom. The molecule has 0 radical (unpaired) electrons. The van der Waals surface area contributed by atoms with Crippen LogP contribution in [0.3, 0.4) is 0 Å². The first-order chi connectivity index (χ1) is 16.7. The van der Waals surface area contributed by atoms with Crippen LogP contribution < -0.4 is 10.6 Å². The Labute approximate surface area is 207 Å². The van der Waals surface area contributed by atoms with Crippen LogP contribution in [-0.2, 0) is 14.3 Å². The summed E-state index contributed by atoms with van der Waals surface area (Å²) in [7, 11) is 0. The predicted molar refractivity (Wildman–Crippen MR) is 135 cm³/mol. The first kappa shape index (κ1) is 26.3. The van der Waals surface area contributed by atoms with Crippen molar-refractivity contribution in [3.63, 3.8) is 0 Å². The number of rotatable bonds is 12. The molecule has 2 atom stereocenters. The van der Waals surface area contributed by atoms with Gasteiger partial charge >= 0.3 is 12.1 Å². The number of benzene rings is 2. The summed E-state index contributed by atoms with van der Waals surface area (Å²) >= 11 is 0. The number of carbonyl (C=O) groups excluding carboxylic acids is 2. The van der Waals surface area contributed by atoms with Crippen LogP contribution in [0.5, 0.6) is 0 Å². The molecule has 188 valence electrons. The van der Waals surface area contributed by atoms with Crippen LogP contribution >= 0.6 is 0 Å². The van der Waals surface area contributed by atoms with Gasteiger partial charge in [0, 0.05) is 18.9 Å². The number of ether oxygens (including phenoxy) is 1. The molecule has 2 aromatic rings. The first-order valence-electron chi connectivity index (χ1n) is 12.4. The van der Waals surface area contributed by atoms with Gasteiger partial charge in [0.15, 0.2) is 0 Å². The normalized spacial score (nSPS) is 14.8. The topological polar surface area (TPSA) is 105 Å². The molecule has 0 fully saturated rings. The Morgan fingerprint density at radius 1 is 1.03 bits per heavy atom. The minimum absolute atomic E-state index is 0.0494. The van der Waals surface area contributed by atoms with Crippen molar-refractivity contribution < 1.29 is 24.2 Å². The third kappa shape index (κ3) is 6.62. The number of amides is 2. The Morgan fingerprint density at radius 3 is 2.20 bits per heavy atom. The van der Waals surface area contributed by atoms with Gasteiger partial charge in [-0.05, 0) is 54.4 Å². The van der Waals surface area contributed by atoms with Crippen LogP contribution in [0.1, 0.15) is 69.9 Å². The summed E-state index contributed by atoms with van der Waals surface area (Å²) < 4.78 is 5.64. The van der Waals surface area contributed by atoms with Crippen molar-refractivity contribution in [3.05, 3.63) is 59.7 Å². The van der Waals surface area contributed by atoms with E-state index in [1.54, 1.807) is 6.92 Å². The fraction of sp³-hybridized carbons (Fsp3) is 0.464. The van der Waals surface area contributed by atoms with Crippen LogP contribution in [0.2, 0.25) is 0 Å². The number of carbonyl (C=O) groups is 3. The zero-order valence-corrected chi connectivity index (χ0v) is 20.8. The lowest BCUT2D eigenvalue weighted by Gasteiger charge is -2.29. The molecule has 3 rings (SSSR count). The Kier molecular flexibility index (Phi) is 8.90. The summed E-state index contributed by atoms with van der Waals surface area (Å²) in [5.74, 6) is -0.951. The van der Waals surface area contributed by atoms with Crippen LogP contribution in [0, 0.1) is 5.92 Å². The number of nitrogens with one attached hydrogen (secondary N) is 2. The summed E-state index contributed by atoms with van der Waals surface area (Å²) in [6.07, 6.45) is 1.92. The highest BCUT2D eigenvalue weighted by Gasteiger charge is 2.35. The highest BCUT2D eigenvalue weighted by molar-refractivity contribution is 5.89. The fourth-order valence-corrected chi connectivity index (χ4v) is 4.73. The van der Waals surface area contributed by atoms with Crippen LogP contribution in [0.4, 0.5) is 4.79 Å². The Hall–Kier alpha value is -3.35. The van der Waals surface area contributed by atoms with Crippen LogP contribution in [0.25, 0.3) is 11.1 Å². The second kappa shape index (κ2) is 11.9. The average molecular weight is 481 g/mol. The number of hydrogen-bond acceptors (Lipinski definition) is 4. The average Bonchev–Trinajstić information content (AvgIpc) is 3.15. The van der Waals surface area contributed by atoms with Crippen LogP contribution in [0.15, 0.2) is 48.5 Å².